The van der Waals surface area contributed by atoms with Crippen molar-refractivity contribution in [3.8, 4) is 0 Å². The van der Waals surface area contributed by atoms with Crippen LogP contribution in [0.3, 0.4) is 0 Å². The fourth-order valence-electron chi connectivity index (χ4n) is 1.71. The van der Waals surface area contributed by atoms with E-state index in [-0.39, 0.29) is 4.90 Å². The van der Waals surface area contributed by atoms with Crippen molar-refractivity contribution in [3.05, 3.63) is 54.3 Å². The summed E-state index contributed by atoms with van der Waals surface area (Å²) in [4.78, 5) is 12.1. The average molecular weight is 306 g/mol. The Balaban J connectivity index is 2.10. The number of hydrogen-bond acceptors (Lipinski definition) is 3. The maximum Gasteiger partial charge on any atom is 0.240 e. The van der Waals surface area contributed by atoms with Crippen LogP contribution >= 0.6 is 0 Å². The standard InChI is InChI=1S/C15H15FN2O2S/c1-10(21(20)14-5-3-2-4-13(14)16)15(19)18-12-8-6-11(17)7-9-12/h2-10H,17H2,1H3,(H,18,19). The van der Waals surface area contributed by atoms with Crippen LogP contribution in [0.15, 0.2) is 53.4 Å². The number of benzene rings is 2. The lowest BCUT2D eigenvalue weighted by Crippen LogP contribution is -2.29. The molecule has 3 N–H and O–H groups in total. The van der Waals surface area contributed by atoms with Crippen LogP contribution in [0.2, 0.25) is 0 Å². The molecule has 2 rings (SSSR count). The first-order chi connectivity index (χ1) is 9.99. The zero-order valence-electron chi connectivity index (χ0n) is 11.4. The summed E-state index contributed by atoms with van der Waals surface area (Å²) >= 11 is 0. The van der Waals surface area contributed by atoms with Gasteiger partial charge >= 0.3 is 0 Å². The molecule has 0 aliphatic heterocycles. The maximum atomic E-state index is 13.6. The number of amides is 1. The summed E-state index contributed by atoms with van der Waals surface area (Å²) in [5.74, 6) is -1.02. The first-order valence-electron chi connectivity index (χ1n) is 6.30. The van der Waals surface area contributed by atoms with Gasteiger partial charge in [-0.05, 0) is 43.3 Å². The van der Waals surface area contributed by atoms with Crippen LogP contribution in [-0.2, 0) is 15.6 Å². The molecular formula is C15H15FN2O2S. The van der Waals surface area contributed by atoms with Gasteiger partial charge < -0.3 is 11.1 Å². The van der Waals surface area contributed by atoms with E-state index >= 15 is 0 Å². The van der Waals surface area contributed by atoms with Crippen molar-refractivity contribution < 1.29 is 13.4 Å². The van der Waals surface area contributed by atoms with Gasteiger partial charge in [-0.1, -0.05) is 12.1 Å². The average Bonchev–Trinajstić information content (AvgIpc) is 2.48. The van der Waals surface area contributed by atoms with Crippen molar-refractivity contribution in [1.29, 1.82) is 0 Å². The zero-order chi connectivity index (χ0) is 15.4. The molecule has 0 bridgehead atoms. The highest BCUT2D eigenvalue weighted by atomic mass is 32.2. The number of hydrogen-bond donors (Lipinski definition) is 2. The highest BCUT2D eigenvalue weighted by Crippen LogP contribution is 2.17. The highest BCUT2D eigenvalue weighted by molar-refractivity contribution is 7.86. The molecule has 0 saturated heterocycles. The molecule has 110 valence electrons. The normalized spacial score (nSPS) is 13.4. The maximum absolute atomic E-state index is 13.6. The third-order valence-corrected chi connectivity index (χ3v) is 4.54. The van der Waals surface area contributed by atoms with Crippen molar-refractivity contribution in [2.75, 3.05) is 11.1 Å². The summed E-state index contributed by atoms with van der Waals surface area (Å²) in [5.41, 5.74) is 6.68. The first kappa shape index (κ1) is 15.2. The molecule has 4 nitrogen and oxygen atoms in total. The lowest BCUT2D eigenvalue weighted by atomic mass is 10.3. The van der Waals surface area contributed by atoms with E-state index in [0.29, 0.717) is 11.4 Å². The molecule has 0 spiro atoms. The van der Waals surface area contributed by atoms with E-state index in [1.54, 1.807) is 30.3 Å². The number of halogens is 1. The second-order valence-electron chi connectivity index (χ2n) is 4.48. The summed E-state index contributed by atoms with van der Waals surface area (Å²) in [6, 6.07) is 12.3. The SMILES string of the molecule is CC(C(=O)Nc1ccc(N)cc1)S(=O)c1ccccc1F. The molecule has 0 saturated carbocycles. The van der Waals surface area contributed by atoms with Crippen LogP contribution in [0, 0.1) is 5.82 Å². The first-order valence-corrected chi connectivity index (χ1v) is 7.52. The van der Waals surface area contributed by atoms with Crippen LogP contribution in [0.25, 0.3) is 0 Å². The van der Waals surface area contributed by atoms with Gasteiger partial charge in [0.2, 0.25) is 5.91 Å². The van der Waals surface area contributed by atoms with Gasteiger partial charge in [0.25, 0.3) is 0 Å². The van der Waals surface area contributed by atoms with E-state index in [0.717, 1.165) is 0 Å². The molecule has 0 fully saturated rings. The van der Waals surface area contributed by atoms with Crippen molar-refractivity contribution in [3.63, 3.8) is 0 Å². The van der Waals surface area contributed by atoms with E-state index in [1.165, 1.54) is 25.1 Å². The molecule has 21 heavy (non-hydrogen) atoms. The second kappa shape index (κ2) is 6.49. The predicted octanol–water partition coefficient (Wildman–Crippen LogP) is 2.54. The minimum absolute atomic E-state index is 0.0254. The minimum atomic E-state index is -1.76. The van der Waals surface area contributed by atoms with Crippen LogP contribution in [-0.4, -0.2) is 15.4 Å². The van der Waals surface area contributed by atoms with Crippen molar-refractivity contribution in [2.24, 2.45) is 0 Å². The van der Waals surface area contributed by atoms with E-state index in [1.807, 2.05) is 0 Å². The zero-order valence-corrected chi connectivity index (χ0v) is 12.2. The summed E-state index contributed by atoms with van der Waals surface area (Å²) in [5, 5.41) is 1.75. The Morgan fingerprint density at radius 1 is 1.19 bits per heavy atom. The van der Waals surface area contributed by atoms with Crippen LogP contribution in [0.1, 0.15) is 6.92 Å². The Morgan fingerprint density at radius 3 is 2.43 bits per heavy atom. The van der Waals surface area contributed by atoms with Gasteiger partial charge in [0.05, 0.1) is 15.7 Å². The van der Waals surface area contributed by atoms with Gasteiger partial charge in [-0.15, -0.1) is 0 Å². The van der Waals surface area contributed by atoms with Crippen LogP contribution in [0.5, 0.6) is 0 Å². The van der Waals surface area contributed by atoms with Crippen molar-refractivity contribution >= 4 is 28.1 Å². The molecule has 0 heterocycles. The highest BCUT2D eigenvalue weighted by Gasteiger charge is 2.23. The summed E-state index contributed by atoms with van der Waals surface area (Å²) in [7, 11) is -1.76. The van der Waals surface area contributed by atoms with Crippen molar-refractivity contribution in [2.45, 2.75) is 17.1 Å². The molecule has 0 radical (unpaired) electrons. The molecule has 0 aliphatic carbocycles. The fourth-order valence-corrected chi connectivity index (χ4v) is 2.81. The Morgan fingerprint density at radius 2 is 1.81 bits per heavy atom. The predicted molar refractivity (Wildman–Crippen MR) is 81.8 cm³/mol. The van der Waals surface area contributed by atoms with E-state index in [4.69, 9.17) is 5.73 Å². The molecule has 2 aromatic rings. The third kappa shape index (κ3) is 3.66. The molecule has 2 aromatic carbocycles. The monoisotopic (exact) mass is 306 g/mol. The van der Waals surface area contributed by atoms with Gasteiger partial charge in [-0.3, -0.25) is 9.00 Å². The Hall–Kier alpha value is -2.21. The molecule has 0 aliphatic rings. The number of nitrogens with one attached hydrogen (secondary N) is 1. The molecule has 2 atom stereocenters. The minimum Gasteiger partial charge on any atom is -0.399 e. The smallest absolute Gasteiger partial charge is 0.240 e. The second-order valence-corrected chi connectivity index (χ2v) is 6.22. The Bertz CT molecular complexity index is 674. The lowest BCUT2D eigenvalue weighted by Gasteiger charge is -2.12. The molecular weight excluding hydrogens is 291 g/mol. The van der Waals surface area contributed by atoms with Gasteiger partial charge in [0.1, 0.15) is 11.1 Å². The number of carbonyl (C=O) groups excluding carboxylic acids is 1. The van der Waals surface area contributed by atoms with Gasteiger partial charge in [0, 0.05) is 11.4 Å². The van der Waals surface area contributed by atoms with E-state index in [9.17, 15) is 13.4 Å². The Kier molecular flexibility index (Phi) is 4.70. The van der Waals surface area contributed by atoms with E-state index < -0.39 is 27.8 Å². The van der Waals surface area contributed by atoms with E-state index in [2.05, 4.69) is 5.32 Å². The van der Waals surface area contributed by atoms with Gasteiger partial charge in [0.15, 0.2) is 0 Å². The van der Waals surface area contributed by atoms with Gasteiger partial charge in [-0.25, -0.2) is 4.39 Å². The number of rotatable bonds is 4. The number of carbonyl (C=O) groups is 1. The van der Waals surface area contributed by atoms with Crippen LogP contribution in [0.4, 0.5) is 15.8 Å². The lowest BCUT2D eigenvalue weighted by molar-refractivity contribution is -0.115. The topological polar surface area (TPSA) is 72.2 Å². The summed E-state index contributed by atoms with van der Waals surface area (Å²) < 4.78 is 25.8. The fraction of sp³-hybridized carbons (Fsp3) is 0.133. The number of anilines is 2. The Labute approximate surface area is 124 Å². The molecule has 1 amide bonds. The third-order valence-electron chi connectivity index (χ3n) is 2.92. The molecule has 2 unspecified atom stereocenters. The van der Waals surface area contributed by atoms with Gasteiger partial charge in [-0.2, -0.15) is 0 Å². The number of nitrogens with two attached hydrogens (primary N) is 1. The summed E-state index contributed by atoms with van der Waals surface area (Å²) in [6.07, 6.45) is 0. The quantitative estimate of drug-likeness (QED) is 0.853. The van der Waals surface area contributed by atoms with Crippen LogP contribution < -0.4 is 11.1 Å². The van der Waals surface area contributed by atoms with Crippen molar-refractivity contribution in [1.82, 2.24) is 0 Å². The number of nitrogen functional groups attached to an aromatic ring is 1. The summed E-state index contributed by atoms with van der Waals surface area (Å²) in [6.45, 7) is 1.50. The largest absolute Gasteiger partial charge is 0.399 e. The molecule has 6 heteroatoms. The molecule has 0 aromatic heterocycles.